The zero-order valence-electron chi connectivity index (χ0n) is 20.2. The molecule has 0 aliphatic carbocycles. The maximum atomic E-state index is 10.2. The Morgan fingerprint density at radius 1 is 0.452 bits per heavy atom. The second-order valence-corrected chi connectivity index (χ2v) is 7.94. The van der Waals surface area contributed by atoms with Crippen molar-refractivity contribution >= 4 is 11.9 Å². The Balaban J connectivity index is -0.000000133. The molecule has 0 aromatic rings. The van der Waals surface area contributed by atoms with Crippen molar-refractivity contribution in [3.05, 3.63) is 0 Å². The van der Waals surface area contributed by atoms with Crippen LogP contribution in [0.25, 0.3) is 0 Å². The Bertz CT molecular complexity index is 308. The topological polar surface area (TPSA) is 132 Å². The van der Waals surface area contributed by atoms with Gasteiger partial charge in [0.05, 0.1) is 0 Å². The summed E-state index contributed by atoms with van der Waals surface area (Å²) in [4.78, 5) is 20.4. The molecule has 7 heteroatoms. The molecule has 0 aliphatic rings. The predicted molar refractivity (Wildman–Crippen MR) is 120 cm³/mol. The molecule has 2 N–H and O–H groups in total. The van der Waals surface area contributed by atoms with E-state index in [0.717, 1.165) is 25.7 Å². The van der Waals surface area contributed by atoms with E-state index in [1.807, 2.05) is 0 Å². The van der Waals surface area contributed by atoms with E-state index in [9.17, 15) is 9.59 Å². The molecule has 31 heavy (non-hydrogen) atoms. The van der Waals surface area contributed by atoms with Gasteiger partial charge in [0.1, 0.15) is 0 Å². The first-order chi connectivity index (χ1) is 13.5. The fourth-order valence-corrected chi connectivity index (χ4v) is 3.17. The van der Waals surface area contributed by atoms with Gasteiger partial charge in [-0.1, -0.05) is 117 Å². The van der Waals surface area contributed by atoms with Crippen molar-refractivity contribution < 1.29 is 57.0 Å². The van der Waals surface area contributed by atoms with Gasteiger partial charge in [-0.3, -0.25) is 9.59 Å². The molecule has 0 unspecified atom stereocenters. The molecule has 0 atom stereocenters. The van der Waals surface area contributed by atoms with Crippen LogP contribution >= 0.6 is 0 Å². The third kappa shape index (κ3) is 48.4. The van der Waals surface area contributed by atoms with Crippen molar-refractivity contribution in [2.75, 3.05) is 0 Å². The maximum absolute atomic E-state index is 10.2. The third-order valence-electron chi connectivity index (χ3n) is 4.99. The van der Waals surface area contributed by atoms with Gasteiger partial charge in [0.25, 0.3) is 0 Å². The van der Waals surface area contributed by atoms with Crippen LogP contribution in [0.1, 0.15) is 142 Å². The maximum Gasteiger partial charge on any atom is 4.00 e. The molecular formula is C24H48O6Zr. The zero-order chi connectivity index (χ0) is 21.3. The summed E-state index contributed by atoms with van der Waals surface area (Å²) in [5.41, 5.74) is 0. The molecule has 0 aliphatic heterocycles. The Morgan fingerprint density at radius 2 is 0.645 bits per heavy atom. The quantitative estimate of drug-likeness (QED) is 0.158. The van der Waals surface area contributed by atoms with Crippen molar-refractivity contribution in [2.45, 2.75) is 142 Å². The fraction of sp³-hybridized carbons (Fsp3) is 0.917. The van der Waals surface area contributed by atoms with Gasteiger partial charge in [-0.15, -0.1) is 0 Å². The van der Waals surface area contributed by atoms with Crippen LogP contribution < -0.4 is 0 Å². The zero-order valence-corrected chi connectivity index (χ0v) is 22.6. The van der Waals surface area contributed by atoms with Gasteiger partial charge < -0.3 is 21.2 Å². The predicted octanol–water partition coefficient (Wildman–Crippen LogP) is 7.74. The van der Waals surface area contributed by atoms with E-state index in [1.54, 1.807) is 0 Å². The van der Waals surface area contributed by atoms with Gasteiger partial charge in [0.2, 0.25) is 0 Å². The number of rotatable bonds is 20. The van der Waals surface area contributed by atoms with E-state index in [4.69, 9.17) is 10.2 Å². The summed E-state index contributed by atoms with van der Waals surface area (Å²) in [6.07, 6.45) is 23.0. The molecule has 0 aromatic carbocycles. The molecule has 6 nitrogen and oxygen atoms in total. The molecule has 0 amide bonds. The summed E-state index contributed by atoms with van der Waals surface area (Å²) in [6, 6.07) is 0. The van der Waals surface area contributed by atoms with Crippen molar-refractivity contribution in [1.29, 1.82) is 0 Å². The number of hydrogen-bond acceptors (Lipinski definition) is 2. The van der Waals surface area contributed by atoms with Crippen molar-refractivity contribution in [3.8, 4) is 0 Å². The molecule has 0 bridgehead atoms. The molecule has 0 heterocycles. The van der Waals surface area contributed by atoms with E-state index in [0.29, 0.717) is 12.8 Å². The number of unbranched alkanes of at least 4 members (excludes halogenated alkanes) is 16. The first-order valence-corrected chi connectivity index (χ1v) is 12.0. The number of hydrogen-bond donors (Lipinski definition) is 2. The van der Waals surface area contributed by atoms with Crippen LogP contribution in [0, 0.1) is 0 Å². The molecule has 0 rings (SSSR count). The van der Waals surface area contributed by atoms with Gasteiger partial charge in [0.15, 0.2) is 0 Å². The van der Waals surface area contributed by atoms with Gasteiger partial charge in [-0.25, -0.2) is 0 Å². The van der Waals surface area contributed by atoms with Gasteiger partial charge in [0, 0.05) is 12.8 Å². The summed E-state index contributed by atoms with van der Waals surface area (Å²) >= 11 is 0. The second kappa shape index (κ2) is 37.1. The molecule has 0 aromatic heterocycles. The Hall–Kier alpha value is -0.257. The van der Waals surface area contributed by atoms with Crippen LogP contribution in [0.2, 0.25) is 0 Å². The number of carboxylic acid groups (broad SMARTS) is 2. The summed E-state index contributed by atoms with van der Waals surface area (Å²) in [7, 11) is 0. The average Bonchev–Trinajstić information content (AvgIpc) is 2.65. The fourth-order valence-electron chi connectivity index (χ4n) is 3.17. The van der Waals surface area contributed by atoms with Crippen LogP contribution in [0.5, 0.6) is 0 Å². The molecule has 0 spiro atoms. The number of carbonyl (C=O) groups is 2. The van der Waals surface area contributed by atoms with Crippen LogP contribution in [-0.4, -0.2) is 22.2 Å². The average molecular weight is 524 g/mol. The smallest absolute Gasteiger partial charge is 2.00 e. The summed E-state index contributed by atoms with van der Waals surface area (Å²) < 4.78 is 0. The second-order valence-electron chi connectivity index (χ2n) is 7.94. The van der Waals surface area contributed by atoms with Crippen LogP contribution in [0.4, 0.5) is 0 Å². The van der Waals surface area contributed by atoms with Crippen LogP contribution in [-0.2, 0) is 46.7 Å². The minimum atomic E-state index is -0.659. The van der Waals surface area contributed by atoms with E-state index in [2.05, 4.69) is 13.8 Å². The Kier molecular flexibility index (Phi) is 49.1. The first kappa shape index (κ1) is 41.0. The monoisotopic (exact) mass is 522 g/mol. The molecular weight excluding hydrogens is 475 g/mol. The van der Waals surface area contributed by atoms with Crippen molar-refractivity contribution in [2.24, 2.45) is 0 Å². The largest absolute Gasteiger partial charge is 4.00 e. The standard InChI is InChI=1S/2C12H24O2.2O.Zr/c2*1-2-3-4-5-6-7-8-9-10-11-12(13)14;;;/h2*2-11H2,1H3,(H,13,14);;;/q;;2*-2;+4. The summed E-state index contributed by atoms with van der Waals surface area (Å²) in [5.74, 6) is -1.32. The number of carboxylic acids is 2. The van der Waals surface area contributed by atoms with E-state index < -0.39 is 11.9 Å². The summed E-state index contributed by atoms with van der Waals surface area (Å²) in [6.45, 7) is 4.46. The SMILES string of the molecule is CCCCCCCCCCCC(=O)O.CCCCCCCCCCCC(=O)O.[O-2].[O-2].[Zr+4]. The van der Waals surface area contributed by atoms with Crippen molar-refractivity contribution in [1.82, 2.24) is 0 Å². The first-order valence-electron chi connectivity index (χ1n) is 12.0. The molecule has 184 valence electrons. The van der Waals surface area contributed by atoms with E-state index in [1.165, 1.54) is 89.9 Å². The van der Waals surface area contributed by atoms with Gasteiger partial charge in [-0.2, -0.15) is 0 Å². The van der Waals surface area contributed by atoms with Crippen LogP contribution in [0.3, 0.4) is 0 Å². The van der Waals surface area contributed by atoms with E-state index in [-0.39, 0.29) is 37.2 Å². The minimum Gasteiger partial charge on any atom is -2.00 e. The third-order valence-corrected chi connectivity index (χ3v) is 4.99. The minimum absolute atomic E-state index is 0. The van der Waals surface area contributed by atoms with Crippen LogP contribution in [0.15, 0.2) is 0 Å². The Labute approximate surface area is 210 Å². The molecule has 0 fully saturated rings. The van der Waals surface area contributed by atoms with Gasteiger partial charge >= 0.3 is 38.1 Å². The molecule has 0 radical (unpaired) electrons. The molecule has 0 saturated heterocycles. The van der Waals surface area contributed by atoms with Crippen molar-refractivity contribution in [3.63, 3.8) is 0 Å². The van der Waals surface area contributed by atoms with Gasteiger partial charge in [-0.05, 0) is 12.8 Å². The van der Waals surface area contributed by atoms with E-state index >= 15 is 0 Å². The normalized spacial score (nSPS) is 9.35. The Morgan fingerprint density at radius 3 is 0.839 bits per heavy atom. The number of aliphatic carboxylic acids is 2. The summed E-state index contributed by atoms with van der Waals surface area (Å²) in [5, 5.41) is 16.8. The molecule has 0 saturated carbocycles.